The Morgan fingerprint density at radius 1 is 1.31 bits per heavy atom. The maximum absolute atomic E-state index is 10.8. The summed E-state index contributed by atoms with van der Waals surface area (Å²) in [6.07, 6.45) is 7.46. The fourth-order valence-corrected chi connectivity index (χ4v) is 3.91. The molecule has 8 nitrogen and oxygen atoms in total. The van der Waals surface area contributed by atoms with Gasteiger partial charge in [-0.1, -0.05) is 31.0 Å². The smallest absolute Gasteiger partial charge is 0.212 e. The lowest BCUT2D eigenvalue weighted by molar-refractivity contribution is -0.301. The summed E-state index contributed by atoms with van der Waals surface area (Å²) in [6.45, 7) is 3.93. The molecule has 3 rings (SSSR count). The van der Waals surface area contributed by atoms with Gasteiger partial charge < -0.3 is 9.90 Å². The zero-order chi connectivity index (χ0) is 18.7. The van der Waals surface area contributed by atoms with Crippen molar-refractivity contribution in [1.82, 2.24) is 24.7 Å². The number of aromatic nitrogens is 5. The van der Waals surface area contributed by atoms with E-state index in [4.69, 9.17) is 0 Å². The first-order valence-electron chi connectivity index (χ1n) is 8.80. The van der Waals surface area contributed by atoms with E-state index in [1.165, 1.54) is 19.3 Å². The Bertz CT molecular complexity index is 820. The third-order valence-electron chi connectivity index (χ3n) is 4.79. The second kappa shape index (κ2) is 8.03. The molecule has 0 aromatic carbocycles. The highest BCUT2D eigenvalue weighted by Gasteiger charge is 2.23. The standard InChI is InChI=1S/C17H24N6O2S/c1-11-14(12(2)22(3)21-11)9-18-23-16(13-7-5-4-6-8-13)19-20-17(23)26-10-15(24)25/h9,13H,4-8,10H2,1-3H3,(H,24,25)/p-1/b18-9-. The molecule has 0 N–H and O–H groups in total. The molecule has 1 saturated carbocycles. The van der Waals surface area contributed by atoms with E-state index in [2.05, 4.69) is 20.4 Å². The Morgan fingerprint density at radius 3 is 2.65 bits per heavy atom. The van der Waals surface area contributed by atoms with Gasteiger partial charge >= 0.3 is 0 Å². The zero-order valence-corrected chi connectivity index (χ0v) is 16.1. The minimum Gasteiger partial charge on any atom is -0.549 e. The average molecular weight is 375 g/mol. The van der Waals surface area contributed by atoms with E-state index < -0.39 is 5.97 Å². The van der Waals surface area contributed by atoms with Gasteiger partial charge in [0.25, 0.3) is 0 Å². The first-order valence-corrected chi connectivity index (χ1v) is 9.78. The summed E-state index contributed by atoms with van der Waals surface area (Å²) in [5.41, 5.74) is 2.86. The van der Waals surface area contributed by atoms with Crippen LogP contribution in [0.15, 0.2) is 10.3 Å². The van der Waals surface area contributed by atoms with Crippen molar-refractivity contribution in [2.45, 2.75) is 57.0 Å². The summed E-state index contributed by atoms with van der Waals surface area (Å²) in [5, 5.41) is 28.8. The van der Waals surface area contributed by atoms with Gasteiger partial charge in [0.1, 0.15) is 0 Å². The van der Waals surface area contributed by atoms with Crippen LogP contribution in [0, 0.1) is 13.8 Å². The lowest BCUT2D eigenvalue weighted by atomic mass is 9.89. The molecule has 2 aromatic rings. The van der Waals surface area contributed by atoms with Crippen molar-refractivity contribution in [1.29, 1.82) is 0 Å². The number of hydrogen-bond donors (Lipinski definition) is 0. The molecule has 1 aliphatic carbocycles. The highest BCUT2D eigenvalue weighted by Crippen LogP contribution is 2.33. The van der Waals surface area contributed by atoms with Crippen molar-refractivity contribution in [2.75, 3.05) is 5.75 Å². The maximum atomic E-state index is 10.8. The fourth-order valence-electron chi connectivity index (χ4n) is 3.31. The van der Waals surface area contributed by atoms with Gasteiger partial charge in [0.2, 0.25) is 5.16 Å². The molecular formula is C17H23N6O2S-. The molecule has 26 heavy (non-hydrogen) atoms. The third kappa shape index (κ3) is 3.98. The second-order valence-electron chi connectivity index (χ2n) is 6.60. The number of thioether (sulfide) groups is 1. The fraction of sp³-hybridized carbons (Fsp3) is 0.588. The van der Waals surface area contributed by atoms with Crippen LogP contribution in [-0.2, 0) is 11.8 Å². The quantitative estimate of drug-likeness (QED) is 0.559. The Kier molecular flexibility index (Phi) is 5.75. The molecule has 1 fully saturated rings. The summed E-state index contributed by atoms with van der Waals surface area (Å²) in [4.78, 5) is 10.8. The number of rotatable bonds is 6. The molecule has 9 heteroatoms. The van der Waals surface area contributed by atoms with E-state index in [0.717, 1.165) is 47.4 Å². The van der Waals surface area contributed by atoms with Crippen LogP contribution in [0.5, 0.6) is 0 Å². The van der Waals surface area contributed by atoms with Gasteiger partial charge in [-0.25, -0.2) is 0 Å². The van der Waals surface area contributed by atoms with E-state index in [9.17, 15) is 9.90 Å². The van der Waals surface area contributed by atoms with Crippen LogP contribution in [0.3, 0.4) is 0 Å². The second-order valence-corrected chi connectivity index (χ2v) is 7.54. The van der Waals surface area contributed by atoms with Gasteiger partial charge in [0.15, 0.2) is 5.82 Å². The summed E-state index contributed by atoms with van der Waals surface area (Å²) in [5.74, 6) is -0.196. The molecule has 0 radical (unpaired) electrons. The zero-order valence-electron chi connectivity index (χ0n) is 15.3. The summed E-state index contributed by atoms with van der Waals surface area (Å²) >= 11 is 1.08. The summed E-state index contributed by atoms with van der Waals surface area (Å²) in [6, 6.07) is 0. The monoisotopic (exact) mass is 375 g/mol. The molecule has 0 aliphatic heterocycles. The first-order chi connectivity index (χ1) is 12.5. The largest absolute Gasteiger partial charge is 0.549 e. The normalized spacial score (nSPS) is 15.8. The lowest BCUT2D eigenvalue weighted by Crippen LogP contribution is -2.24. The van der Waals surface area contributed by atoms with E-state index >= 15 is 0 Å². The summed E-state index contributed by atoms with van der Waals surface area (Å²) < 4.78 is 3.51. The number of aryl methyl sites for hydroxylation is 2. The highest BCUT2D eigenvalue weighted by atomic mass is 32.2. The van der Waals surface area contributed by atoms with E-state index in [0.29, 0.717) is 11.1 Å². The SMILES string of the molecule is Cc1nn(C)c(C)c1/C=N\n1c(SCC(=O)[O-])nnc1C1CCCCC1. The van der Waals surface area contributed by atoms with Gasteiger partial charge in [-0.3, -0.25) is 4.68 Å². The summed E-state index contributed by atoms with van der Waals surface area (Å²) in [7, 11) is 1.90. The number of nitrogens with zero attached hydrogens (tertiary/aromatic N) is 6. The van der Waals surface area contributed by atoms with Crippen molar-refractivity contribution >= 4 is 23.9 Å². The van der Waals surface area contributed by atoms with Crippen LogP contribution in [0.1, 0.15) is 60.8 Å². The number of aliphatic carboxylic acids is 1. The number of hydrogen-bond acceptors (Lipinski definition) is 7. The van der Waals surface area contributed by atoms with E-state index in [1.807, 2.05) is 25.6 Å². The maximum Gasteiger partial charge on any atom is 0.212 e. The third-order valence-corrected chi connectivity index (χ3v) is 5.69. The molecule has 140 valence electrons. The highest BCUT2D eigenvalue weighted by molar-refractivity contribution is 7.99. The molecule has 2 heterocycles. The van der Waals surface area contributed by atoms with Crippen molar-refractivity contribution in [3.8, 4) is 0 Å². The topological polar surface area (TPSA) is 101 Å². The number of carboxylic acid groups (broad SMARTS) is 1. The van der Waals surface area contributed by atoms with Crippen LogP contribution < -0.4 is 5.11 Å². The molecule has 0 unspecified atom stereocenters. The van der Waals surface area contributed by atoms with Crippen LogP contribution in [-0.4, -0.2) is 42.6 Å². The van der Waals surface area contributed by atoms with Gasteiger partial charge in [0.05, 0.1) is 17.9 Å². The molecule has 0 atom stereocenters. The van der Waals surface area contributed by atoms with Crippen LogP contribution in [0.4, 0.5) is 0 Å². The van der Waals surface area contributed by atoms with Crippen molar-refractivity contribution < 1.29 is 9.90 Å². The van der Waals surface area contributed by atoms with Crippen molar-refractivity contribution in [2.24, 2.45) is 12.1 Å². The van der Waals surface area contributed by atoms with Crippen LogP contribution in [0.25, 0.3) is 0 Å². The van der Waals surface area contributed by atoms with Crippen molar-refractivity contribution in [3.05, 3.63) is 22.8 Å². The predicted octanol–water partition coefficient (Wildman–Crippen LogP) is 1.40. The molecule has 2 aromatic heterocycles. The van der Waals surface area contributed by atoms with Gasteiger partial charge in [0, 0.05) is 30.0 Å². The van der Waals surface area contributed by atoms with Gasteiger partial charge in [-0.15, -0.1) is 10.2 Å². The Morgan fingerprint density at radius 2 is 2.04 bits per heavy atom. The molecule has 0 saturated heterocycles. The predicted molar refractivity (Wildman–Crippen MR) is 97.3 cm³/mol. The number of carboxylic acids is 1. The van der Waals surface area contributed by atoms with Crippen LogP contribution in [0.2, 0.25) is 0 Å². The van der Waals surface area contributed by atoms with Gasteiger partial charge in [-0.2, -0.15) is 14.9 Å². The molecule has 0 amide bonds. The number of carbonyl (C=O) groups excluding carboxylic acids is 1. The molecule has 1 aliphatic rings. The number of carbonyl (C=O) groups is 1. The van der Waals surface area contributed by atoms with Crippen LogP contribution >= 0.6 is 11.8 Å². The molecule has 0 spiro atoms. The van der Waals surface area contributed by atoms with E-state index in [-0.39, 0.29) is 5.75 Å². The van der Waals surface area contributed by atoms with Gasteiger partial charge in [-0.05, 0) is 26.7 Å². The Balaban J connectivity index is 1.94. The lowest BCUT2D eigenvalue weighted by Gasteiger charge is -2.20. The molecular weight excluding hydrogens is 352 g/mol. The minimum absolute atomic E-state index is 0.177. The van der Waals surface area contributed by atoms with Crippen molar-refractivity contribution in [3.63, 3.8) is 0 Å². The first kappa shape index (κ1) is 18.6. The van der Waals surface area contributed by atoms with E-state index in [1.54, 1.807) is 10.9 Å². The molecule has 0 bridgehead atoms. The minimum atomic E-state index is -1.13. The Labute approximate surface area is 156 Å². The average Bonchev–Trinajstić information content (AvgIpc) is 3.13. The Hall–Kier alpha value is -2.16.